The van der Waals surface area contributed by atoms with Gasteiger partial charge in [-0.3, -0.25) is 4.79 Å². The summed E-state index contributed by atoms with van der Waals surface area (Å²) in [4.78, 5) is 20.8. The van der Waals surface area contributed by atoms with E-state index in [1.165, 1.54) is 0 Å². The number of hydrogen-bond donors (Lipinski definition) is 1. The van der Waals surface area contributed by atoms with Crippen LogP contribution < -0.4 is 5.73 Å². The van der Waals surface area contributed by atoms with Crippen LogP contribution in [0.2, 0.25) is 0 Å². The molecular formula is C5H7CrNO3. The van der Waals surface area contributed by atoms with Crippen LogP contribution in [-0.2, 0) is 31.7 Å². The molecule has 5 heteroatoms. The number of ether oxygens (including phenoxy) is 1. The zero-order chi connectivity index (χ0) is 6.85. The Morgan fingerprint density at radius 2 is 2.10 bits per heavy atom. The second-order valence-corrected chi connectivity index (χ2v) is 1.94. The Hall–Kier alpha value is -0.368. The maximum Gasteiger partial charge on any atom is 0.330 e. The number of nitrogens with two attached hydrogens (primary N) is 1. The van der Waals surface area contributed by atoms with Gasteiger partial charge >= 0.3 is 11.9 Å². The van der Waals surface area contributed by atoms with Crippen LogP contribution in [0.25, 0.3) is 0 Å². The van der Waals surface area contributed by atoms with E-state index in [0.717, 1.165) is 0 Å². The smallest absolute Gasteiger partial charge is 0.330 e. The third-order valence-electron chi connectivity index (χ3n) is 1.18. The standard InChI is InChI=1S/C5H7NO3.Cr/c6-3-1-2-4(7)9-5(3)8;/h3H,1-2,6H2;/t3-;/m0./s1. The molecule has 1 atom stereocenters. The predicted molar refractivity (Wildman–Crippen MR) is 28.3 cm³/mol. The van der Waals surface area contributed by atoms with Crippen LogP contribution in [0.3, 0.4) is 0 Å². The van der Waals surface area contributed by atoms with Crippen molar-refractivity contribution in [3.8, 4) is 0 Å². The molecule has 0 aromatic heterocycles. The molecule has 1 fully saturated rings. The number of carbonyl (C=O) groups excluding carboxylic acids is 2. The molecule has 0 spiro atoms. The first-order valence-corrected chi connectivity index (χ1v) is 2.70. The SMILES string of the molecule is N[C@H]1CCC(=O)OC1=O.[Cr]. The van der Waals surface area contributed by atoms with Crippen molar-refractivity contribution in [1.82, 2.24) is 0 Å². The van der Waals surface area contributed by atoms with Gasteiger partial charge in [-0.05, 0) is 6.42 Å². The number of cyclic esters (lactones) is 2. The summed E-state index contributed by atoms with van der Waals surface area (Å²) in [6.45, 7) is 0. The molecule has 0 saturated carbocycles. The molecule has 1 aliphatic heterocycles. The summed E-state index contributed by atoms with van der Waals surface area (Å²) >= 11 is 0. The van der Waals surface area contributed by atoms with Gasteiger partial charge in [-0.15, -0.1) is 0 Å². The summed E-state index contributed by atoms with van der Waals surface area (Å²) in [7, 11) is 0. The Morgan fingerprint density at radius 1 is 1.50 bits per heavy atom. The summed E-state index contributed by atoms with van der Waals surface area (Å²) in [5, 5.41) is 0. The summed E-state index contributed by atoms with van der Waals surface area (Å²) in [5.41, 5.74) is 5.21. The van der Waals surface area contributed by atoms with Crippen LogP contribution in [0, 0.1) is 0 Å². The van der Waals surface area contributed by atoms with Gasteiger partial charge < -0.3 is 10.5 Å². The Balaban J connectivity index is 0.000000810. The van der Waals surface area contributed by atoms with Gasteiger partial charge in [-0.1, -0.05) is 0 Å². The Bertz CT molecular complexity index is 159. The van der Waals surface area contributed by atoms with E-state index in [1.807, 2.05) is 0 Å². The molecule has 56 valence electrons. The van der Waals surface area contributed by atoms with Gasteiger partial charge in [0.2, 0.25) is 0 Å². The van der Waals surface area contributed by atoms with Crippen LogP contribution in [0.4, 0.5) is 0 Å². The van der Waals surface area contributed by atoms with Crippen LogP contribution in [0.15, 0.2) is 0 Å². The number of rotatable bonds is 0. The van der Waals surface area contributed by atoms with Gasteiger partial charge in [0.25, 0.3) is 0 Å². The van der Waals surface area contributed by atoms with Gasteiger partial charge in [-0.25, -0.2) is 4.79 Å². The fraction of sp³-hybridized carbons (Fsp3) is 0.600. The van der Waals surface area contributed by atoms with E-state index < -0.39 is 18.0 Å². The van der Waals surface area contributed by atoms with Gasteiger partial charge in [0, 0.05) is 23.8 Å². The molecule has 0 unspecified atom stereocenters. The second kappa shape index (κ2) is 3.72. The van der Waals surface area contributed by atoms with Crippen LogP contribution in [-0.4, -0.2) is 18.0 Å². The fourth-order valence-electron chi connectivity index (χ4n) is 0.630. The molecule has 0 aliphatic carbocycles. The second-order valence-electron chi connectivity index (χ2n) is 1.94. The van der Waals surface area contributed by atoms with Crippen LogP contribution >= 0.6 is 0 Å². The zero-order valence-corrected chi connectivity index (χ0v) is 6.48. The van der Waals surface area contributed by atoms with E-state index in [-0.39, 0.29) is 23.8 Å². The monoisotopic (exact) mass is 181 g/mol. The number of hydrogen-bond acceptors (Lipinski definition) is 4. The van der Waals surface area contributed by atoms with E-state index in [0.29, 0.717) is 6.42 Å². The molecule has 1 heterocycles. The molecule has 1 aliphatic rings. The average Bonchev–Trinajstić information content (AvgIpc) is 1.80. The van der Waals surface area contributed by atoms with Crippen molar-refractivity contribution >= 4 is 11.9 Å². The van der Waals surface area contributed by atoms with Crippen LogP contribution in [0.5, 0.6) is 0 Å². The largest absolute Gasteiger partial charge is 0.392 e. The van der Waals surface area contributed by atoms with E-state index >= 15 is 0 Å². The molecule has 10 heavy (non-hydrogen) atoms. The minimum Gasteiger partial charge on any atom is -0.392 e. The molecule has 0 aromatic carbocycles. The van der Waals surface area contributed by atoms with Gasteiger partial charge in [0.1, 0.15) is 6.04 Å². The Labute approximate surface area is 68.8 Å². The first-order chi connectivity index (χ1) is 4.20. The van der Waals surface area contributed by atoms with Crippen molar-refractivity contribution < 1.29 is 31.7 Å². The van der Waals surface area contributed by atoms with Gasteiger partial charge in [0.15, 0.2) is 0 Å². The van der Waals surface area contributed by atoms with Gasteiger partial charge in [0.05, 0.1) is 0 Å². The number of carbonyl (C=O) groups is 2. The molecule has 4 nitrogen and oxygen atoms in total. The molecule has 0 aromatic rings. The van der Waals surface area contributed by atoms with Crippen molar-refractivity contribution in [2.45, 2.75) is 18.9 Å². The van der Waals surface area contributed by atoms with Crippen molar-refractivity contribution in [3.63, 3.8) is 0 Å². The predicted octanol–water partition coefficient (Wildman–Crippen LogP) is -0.825. The third-order valence-corrected chi connectivity index (χ3v) is 1.18. The van der Waals surface area contributed by atoms with E-state index in [9.17, 15) is 9.59 Å². The fourth-order valence-corrected chi connectivity index (χ4v) is 0.630. The molecule has 2 N–H and O–H groups in total. The maximum atomic E-state index is 10.4. The topological polar surface area (TPSA) is 69.4 Å². The molecule has 1 rings (SSSR count). The molecule has 1 saturated heterocycles. The van der Waals surface area contributed by atoms with Crippen LogP contribution in [0.1, 0.15) is 12.8 Å². The minimum absolute atomic E-state index is 0. The Morgan fingerprint density at radius 3 is 2.50 bits per heavy atom. The van der Waals surface area contributed by atoms with Crippen molar-refractivity contribution in [1.29, 1.82) is 0 Å². The van der Waals surface area contributed by atoms with E-state index in [1.54, 1.807) is 0 Å². The summed E-state index contributed by atoms with van der Waals surface area (Å²) in [6.07, 6.45) is 0.671. The first kappa shape index (κ1) is 9.63. The normalized spacial score (nSPS) is 25.1. The minimum atomic E-state index is -0.605. The van der Waals surface area contributed by atoms with Gasteiger partial charge in [-0.2, -0.15) is 0 Å². The molecule has 0 amide bonds. The quantitative estimate of drug-likeness (QED) is 0.391. The zero-order valence-electron chi connectivity index (χ0n) is 5.20. The average molecular weight is 181 g/mol. The molecule has 0 bridgehead atoms. The van der Waals surface area contributed by atoms with E-state index in [4.69, 9.17) is 5.73 Å². The number of esters is 2. The van der Waals surface area contributed by atoms with Crippen molar-refractivity contribution in [2.75, 3.05) is 0 Å². The molecular weight excluding hydrogens is 174 g/mol. The summed E-state index contributed by atoms with van der Waals surface area (Å²) in [6, 6.07) is -0.595. The van der Waals surface area contributed by atoms with E-state index in [2.05, 4.69) is 4.74 Å². The first-order valence-electron chi connectivity index (χ1n) is 2.70. The van der Waals surface area contributed by atoms with Crippen molar-refractivity contribution in [3.05, 3.63) is 0 Å². The summed E-state index contributed by atoms with van der Waals surface area (Å²) in [5.74, 6) is -1.08. The van der Waals surface area contributed by atoms with Crippen molar-refractivity contribution in [2.24, 2.45) is 5.73 Å². The Kier molecular flexibility index (Phi) is 3.58. The maximum absolute atomic E-state index is 10.4. The third kappa shape index (κ3) is 2.10. The summed E-state index contributed by atoms with van der Waals surface area (Å²) < 4.78 is 4.20. The molecule has 0 radical (unpaired) electrons.